The molecule has 19 heavy (non-hydrogen) atoms. The third-order valence-corrected chi connectivity index (χ3v) is 3.89. The van der Waals surface area contributed by atoms with Crippen LogP contribution in [0.4, 0.5) is 4.79 Å². The summed E-state index contributed by atoms with van der Waals surface area (Å²) in [6.07, 6.45) is 4.59. The predicted molar refractivity (Wildman–Crippen MR) is 73.2 cm³/mol. The van der Waals surface area contributed by atoms with Gasteiger partial charge >= 0.3 is 12.0 Å². The predicted octanol–water partition coefficient (Wildman–Crippen LogP) is 1.62. The Balaban J connectivity index is 1.65. The first-order valence-corrected chi connectivity index (χ1v) is 7.01. The highest BCUT2D eigenvalue weighted by molar-refractivity contribution is 7.09. The van der Waals surface area contributed by atoms with Gasteiger partial charge < -0.3 is 15.7 Å². The van der Waals surface area contributed by atoms with E-state index in [0.29, 0.717) is 13.0 Å². The van der Waals surface area contributed by atoms with E-state index in [1.807, 2.05) is 17.5 Å². The molecule has 0 saturated heterocycles. The van der Waals surface area contributed by atoms with Gasteiger partial charge in [0.25, 0.3) is 0 Å². The Hall–Kier alpha value is -1.82. The minimum absolute atomic E-state index is 0.192. The van der Waals surface area contributed by atoms with Crippen molar-refractivity contribution in [2.24, 2.45) is 5.92 Å². The van der Waals surface area contributed by atoms with E-state index in [0.717, 1.165) is 6.42 Å². The molecule has 1 aliphatic rings. The number of carbonyl (C=O) groups is 2. The van der Waals surface area contributed by atoms with E-state index in [2.05, 4.69) is 10.6 Å². The summed E-state index contributed by atoms with van der Waals surface area (Å²) in [5, 5.41) is 16.4. The average Bonchev–Trinajstić information content (AvgIpc) is 3.00. The van der Waals surface area contributed by atoms with Gasteiger partial charge in [-0.3, -0.25) is 4.79 Å². The van der Waals surface area contributed by atoms with Gasteiger partial charge in [-0.2, -0.15) is 0 Å². The summed E-state index contributed by atoms with van der Waals surface area (Å²) in [4.78, 5) is 23.6. The maximum Gasteiger partial charge on any atom is 0.315 e. The zero-order chi connectivity index (χ0) is 13.7. The van der Waals surface area contributed by atoms with Crippen molar-refractivity contribution in [3.8, 4) is 0 Å². The molecule has 3 N–H and O–H groups in total. The summed E-state index contributed by atoms with van der Waals surface area (Å²) in [7, 11) is 0. The Morgan fingerprint density at radius 1 is 1.42 bits per heavy atom. The number of hydrogen-bond acceptors (Lipinski definition) is 3. The van der Waals surface area contributed by atoms with Gasteiger partial charge in [0.05, 0.1) is 12.0 Å². The minimum Gasteiger partial charge on any atom is -0.481 e. The van der Waals surface area contributed by atoms with Crippen LogP contribution in [0.5, 0.6) is 0 Å². The molecule has 2 rings (SSSR count). The second-order valence-electron chi connectivity index (χ2n) is 4.40. The summed E-state index contributed by atoms with van der Waals surface area (Å²) >= 11 is 1.66. The van der Waals surface area contributed by atoms with E-state index in [1.54, 1.807) is 23.5 Å². The molecule has 0 aromatic carbocycles. The number of carbonyl (C=O) groups excluding carboxylic acids is 1. The molecular formula is C13H16N2O3S. The van der Waals surface area contributed by atoms with Crippen molar-refractivity contribution in [1.82, 2.24) is 10.6 Å². The fraction of sp³-hybridized carbons (Fsp3) is 0.385. The molecule has 5 nitrogen and oxygen atoms in total. The van der Waals surface area contributed by atoms with Crippen molar-refractivity contribution in [3.63, 3.8) is 0 Å². The van der Waals surface area contributed by atoms with Gasteiger partial charge in [-0.1, -0.05) is 18.2 Å². The van der Waals surface area contributed by atoms with Crippen LogP contribution in [0.1, 0.15) is 11.3 Å². The van der Waals surface area contributed by atoms with Crippen molar-refractivity contribution in [2.45, 2.75) is 18.9 Å². The van der Waals surface area contributed by atoms with Crippen molar-refractivity contribution >= 4 is 23.3 Å². The summed E-state index contributed by atoms with van der Waals surface area (Å²) in [5.41, 5.74) is 0. The molecule has 0 bridgehead atoms. The fourth-order valence-electron chi connectivity index (χ4n) is 1.96. The lowest BCUT2D eigenvalue weighted by Gasteiger charge is -2.12. The van der Waals surface area contributed by atoms with Gasteiger partial charge in [-0.15, -0.1) is 11.3 Å². The first kappa shape index (κ1) is 13.6. The van der Waals surface area contributed by atoms with Crippen LogP contribution in [-0.4, -0.2) is 29.7 Å². The number of aliphatic carboxylic acids is 1. The molecule has 1 aromatic heterocycles. The van der Waals surface area contributed by atoms with Crippen LogP contribution in [0.2, 0.25) is 0 Å². The Kier molecular flexibility index (Phi) is 4.57. The number of thiophene rings is 1. The first-order valence-electron chi connectivity index (χ1n) is 6.13. The second kappa shape index (κ2) is 6.38. The van der Waals surface area contributed by atoms with Gasteiger partial charge in [-0.25, -0.2) is 4.79 Å². The fourth-order valence-corrected chi connectivity index (χ4v) is 2.67. The van der Waals surface area contributed by atoms with Crippen molar-refractivity contribution in [2.75, 3.05) is 6.54 Å². The highest BCUT2D eigenvalue weighted by atomic mass is 32.1. The molecule has 1 aliphatic carbocycles. The number of hydrogen-bond donors (Lipinski definition) is 3. The molecule has 0 spiro atoms. The quantitative estimate of drug-likeness (QED) is 0.717. The smallest absolute Gasteiger partial charge is 0.315 e. The van der Waals surface area contributed by atoms with Gasteiger partial charge in [0.15, 0.2) is 0 Å². The van der Waals surface area contributed by atoms with E-state index in [1.165, 1.54) is 4.88 Å². The number of amides is 2. The summed E-state index contributed by atoms with van der Waals surface area (Å²) in [6.45, 7) is 0.575. The monoisotopic (exact) mass is 280 g/mol. The third-order valence-electron chi connectivity index (χ3n) is 2.95. The summed E-state index contributed by atoms with van der Waals surface area (Å²) < 4.78 is 0. The molecule has 2 atom stereocenters. The highest BCUT2D eigenvalue weighted by Crippen LogP contribution is 2.17. The normalized spacial score (nSPS) is 21.3. The summed E-state index contributed by atoms with van der Waals surface area (Å²) in [5.74, 6) is -1.34. The topological polar surface area (TPSA) is 78.4 Å². The number of nitrogens with one attached hydrogen (secondary N) is 2. The Bertz CT molecular complexity index is 470. The van der Waals surface area contributed by atoms with E-state index in [-0.39, 0.29) is 12.1 Å². The lowest BCUT2D eigenvalue weighted by atomic mass is 10.1. The van der Waals surface area contributed by atoms with Gasteiger partial charge in [0.2, 0.25) is 0 Å². The van der Waals surface area contributed by atoms with Crippen LogP contribution < -0.4 is 10.6 Å². The van der Waals surface area contributed by atoms with Gasteiger partial charge in [-0.05, 0) is 24.3 Å². The van der Waals surface area contributed by atoms with Crippen LogP contribution in [0.15, 0.2) is 29.7 Å². The molecule has 6 heteroatoms. The molecule has 0 radical (unpaired) electrons. The van der Waals surface area contributed by atoms with Crippen molar-refractivity contribution in [1.29, 1.82) is 0 Å². The van der Waals surface area contributed by atoms with Gasteiger partial charge in [0, 0.05) is 11.4 Å². The van der Waals surface area contributed by atoms with E-state index < -0.39 is 11.9 Å². The lowest BCUT2D eigenvalue weighted by molar-refractivity contribution is -0.140. The molecule has 0 saturated carbocycles. The van der Waals surface area contributed by atoms with Crippen LogP contribution in [0.25, 0.3) is 0 Å². The molecule has 0 aliphatic heterocycles. The lowest BCUT2D eigenvalue weighted by Crippen LogP contribution is -2.41. The molecule has 1 heterocycles. The second-order valence-corrected chi connectivity index (χ2v) is 5.43. The molecule has 2 unspecified atom stereocenters. The number of urea groups is 1. The molecule has 1 aromatic rings. The average molecular weight is 280 g/mol. The van der Waals surface area contributed by atoms with Crippen LogP contribution in [0.3, 0.4) is 0 Å². The highest BCUT2D eigenvalue weighted by Gasteiger charge is 2.25. The largest absolute Gasteiger partial charge is 0.481 e. The molecule has 102 valence electrons. The van der Waals surface area contributed by atoms with Crippen LogP contribution >= 0.6 is 11.3 Å². The van der Waals surface area contributed by atoms with E-state index in [9.17, 15) is 9.59 Å². The number of rotatable bonds is 5. The molecule has 2 amide bonds. The number of carboxylic acid groups (broad SMARTS) is 1. The maximum absolute atomic E-state index is 11.6. The third kappa shape index (κ3) is 4.10. The minimum atomic E-state index is -0.848. The van der Waals surface area contributed by atoms with E-state index in [4.69, 9.17) is 5.11 Å². The Morgan fingerprint density at radius 2 is 2.26 bits per heavy atom. The zero-order valence-electron chi connectivity index (χ0n) is 10.3. The van der Waals surface area contributed by atoms with Crippen molar-refractivity contribution in [3.05, 3.63) is 34.5 Å². The first-order chi connectivity index (χ1) is 9.15. The molecular weight excluding hydrogens is 264 g/mol. The SMILES string of the molecule is O=C(NCCc1cccs1)NC1C=CC(C(=O)O)C1. The molecule has 0 fully saturated rings. The van der Waals surface area contributed by atoms with Gasteiger partial charge in [0.1, 0.15) is 0 Å². The Morgan fingerprint density at radius 3 is 2.89 bits per heavy atom. The van der Waals surface area contributed by atoms with Crippen LogP contribution in [-0.2, 0) is 11.2 Å². The van der Waals surface area contributed by atoms with E-state index >= 15 is 0 Å². The van der Waals surface area contributed by atoms with Crippen LogP contribution in [0, 0.1) is 5.92 Å². The standard InChI is InChI=1S/C13H16N2O3S/c16-12(17)9-3-4-10(8-9)15-13(18)14-6-5-11-2-1-7-19-11/h1-4,7,9-10H,5-6,8H2,(H,16,17)(H2,14,15,18). The zero-order valence-corrected chi connectivity index (χ0v) is 11.2. The summed E-state index contributed by atoms with van der Waals surface area (Å²) in [6, 6.07) is 3.57. The maximum atomic E-state index is 11.6. The number of carboxylic acids is 1. The Labute approximate surface area is 115 Å². The van der Waals surface area contributed by atoms with Crippen molar-refractivity contribution < 1.29 is 14.7 Å².